The van der Waals surface area contributed by atoms with E-state index < -0.39 is 0 Å². The van der Waals surface area contributed by atoms with Gasteiger partial charge in [-0.3, -0.25) is 0 Å². The first-order valence-corrected chi connectivity index (χ1v) is 6.69. The quantitative estimate of drug-likeness (QED) is 0.734. The number of nitrogens with one attached hydrogen (secondary N) is 1. The van der Waals surface area contributed by atoms with Crippen molar-refractivity contribution in [2.24, 2.45) is 11.8 Å². The van der Waals surface area contributed by atoms with Crippen molar-refractivity contribution in [1.82, 2.24) is 5.32 Å². The van der Waals surface area contributed by atoms with Crippen molar-refractivity contribution >= 4 is 0 Å². The molecule has 2 aliphatic rings. The summed E-state index contributed by atoms with van der Waals surface area (Å²) < 4.78 is 0. The fraction of sp³-hybridized carbons (Fsp3) is 1.00. The van der Waals surface area contributed by atoms with Gasteiger partial charge >= 0.3 is 0 Å². The minimum absolute atomic E-state index is 0.341. The third-order valence-electron chi connectivity index (χ3n) is 4.59. The number of aliphatic hydroxyl groups is 1. The van der Waals surface area contributed by atoms with Crippen molar-refractivity contribution in [1.29, 1.82) is 0 Å². The summed E-state index contributed by atoms with van der Waals surface area (Å²) in [5.41, 5.74) is -0.341. The van der Waals surface area contributed by atoms with Crippen LogP contribution >= 0.6 is 0 Å². The predicted molar refractivity (Wildman–Crippen MR) is 62.8 cm³/mol. The molecule has 1 saturated carbocycles. The van der Waals surface area contributed by atoms with Crippen LogP contribution in [0.4, 0.5) is 0 Å². The highest BCUT2D eigenvalue weighted by molar-refractivity contribution is 4.94. The average Bonchev–Trinajstić information content (AvgIpc) is 2.30. The molecule has 0 aromatic carbocycles. The number of hydrogen-bond donors (Lipinski definition) is 2. The molecule has 2 N–H and O–H groups in total. The first-order valence-electron chi connectivity index (χ1n) is 6.69. The van der Waals surface area contributed by atoms with Gasteiger partial charge in [-0.15, -0.1) is 0 Å². The lowest BCUT2D eigenvalue weighted by atomic mass is 9.66. The van der Waals surface area contributed by atoms with Gasteiger partial charge < -0.3 is 10.4 Å². The van der Waals surface area contributed by atoms with Gasteiger partial charge in [-0.05, 0) is 44.2 Å². The van der Waals surface area contributed by atoms with Crippen LogP contribution in [0.2, 0.25) is 0 Å². The third kappa shape index (κ3) is 2.36. The molecule has 1 aliphatic heterocycles. The smallest absolute Gasteiger partial charge is 0.0702 e. The maximum absolute atomic E-state index is 10.8. The van der Waals surface area contributed by atoms with Crippen LogP contribution in [0.1, 0.15) is 51.9 Å². The van der Waals surface area contributed by atoms with Gasteiger partial charge in [-0.2, -0.15) is 0 Å². The largest absolute Gasteiger partial charge is 0.389 e. The molecule has 0 spiro atoms. The van der Waals surface area contributed by atoms with Crippen molar-refractivity contribution < 1.29 is 5.11 Å². The molecule has 0 amide bonds. The topological polar surface area (TPSA) is 32.3 Å². The van der Waals surface area contributed by atoms with Crippen molar-refractivity contribution in [3.8, 4) is 0 Å². The second-order valence-corrected chi connectivity index (χ2v) is 5.41. The molecule has 2 fully saturated rings. The Morgan fingerprint density at radius 2 is 1.87 bits per heavy atom. The van der Waals surface area contributed by atoms with Crippen LogP contribution in [0.15, 0.2) is 0 Å². The molecule has 2 atom stereocenters. The van der Waals surface area contributed by atoms with E-state index in [1.165, 1.54) is 32.1 Å². The average molecular weight is 211 g/mol. The summed E-state index contributed by atoms with van der Waals surface area (Å²) in [6, 6.07) is 0. The van der Waals surface area contributed by atoms with E-state index in [0.29, 0.717) is 5.92 Å². The van der Waals surface area contributed by atoms with E-state index in [9.17, 15) is 5.11 Å². The fourth-order valence-corrected chi connectivity index (χ4v) is 3.63. The van der Waals surface area contributed by atoms with Gasteiger partial charge in [-0.25, -0.2) is 0 Å². The first-order chi connectivity index (χ1) is 7.26. The Labute approximate surface area is 93.5 Å². The van der Waals surface area contributed by atoms with Crippen LogP contribution in [0.5, 0.6) is 0 Å². The zero-order valence-electron chi connectivity index (χ0n) is 9.97. The Morgan fingerprint density at radius 3 is 2.53 bits per heavy atom. The Balaban J connectivity index is 2.04. The standard InChI is InChI=1S/C13H25NO/c1-2-11-5-3-4-6-12(11)13(15)7-9-14-10-8-13/h11-12,14-15H,2-10H2,1H3. The van der Waals surface area contributed by atoms with E-state index in [1.54, 1.807) is 0 Å². The molecule has 1 saturated heterocycles. The van der Waals surface area contributed by atoms with Gasteiger partial charge in [0.2, 0.25) is 0 Å². The SMILES string of the molecule is CCC1CCCCC1C1(O)CCNCC1. The summed E-state index contributed by atoms with van der Waals surface area (Å²) in [7, 11) is 0. The Kier molecular flexibility index (Phi) is 3.68. The van der Waals surface area contributed by atoms with Gasteiger partial charge in [0.05, 0.1) is 5.60 Å². The Bertz CT molecular complexity index is 199. The Morgan fingerprint density at radius 1 is 1.20 bits per heavy atom. The van der Waals surface area contributed by atoms with Gasteiger partial charge in [-0.1, -0.05) is 32.6 Å². The molecule has 88 valence electrons. The zero-order chi connectivity index (χ0) is 10.7. The van der Waals surface area contributed by atoms with E-state index >= 15 is 0 Å². The van der Waals surface area contributed by atoms with E-state index in [0.717, 1.165) is 31.8 Å². The van der Waals surface area contributed by atoms with Crippen molar-refractivity contribution in [3.05, 3.63) is 0 Å². The predicted octanol–water partition coefficient (Wildman–Crippen LogP) is 2.32. The summed E-state index contributed by atoms with van der Waals surface area (Å²) in [4.78, 5) is 0. The molecule has 1 heterocycles. The van der Waals surface area contributed by atoms with Gasteiger partial charge in [0, 0.05) is 0 Å². The van der Waals surface area contributed by atoms with Crippen LogP contribution in [0, 0.1) is 11.8 Å². The number of piperidine rings is 1. The second-order valence-electron chi connectivity index (χ2n) is 5.41. The molecule has 0 aromatic heterocycles. The van der Waals surface area contributed by atoms with Crippen LogP contribution in [-0.4, -0.2) is 23.8 Å². The summed E-state index contributed by atoms with van der Waals surface area (Å²) in [6.07, 6.45) is 8.49. The summed E-state index contributed by atoms with van der Waals surface area (Å²) in [5.74, 6) is 1.36. The van der Waals surface area contributed by atoms with E-state index in [-0.39, 0.29) is 5.60 Å². The summed E-state index contributed by atoms with van der Waals surface area (Å²) in [6.45, 7) is 4.29. The van der Waals surface area contributed by atoms with Crippen LogP contribution in [0.3, 0.4) is 0 Å². The molecular weight excluding hydrogens is 186 g/mol. The lowest BCUT2D eigenvalue weighted by Crippen LogP contribution is -2.50. The molecular formula is C13H25NO. The van der Waals surface area contributed by atoms with Crippen LogP contribution in [0.25, 0.3) is 0 Å². The number of hydrogen-bond acceptors (Lipinski definition) is 2. The monoisotopic (exact) mass is 211 g/mol. The molecule has 0 aromatic rings. The maximum Gasteiger partial charge on any atom is 0.0702 e. The Hall–Kier alpha value is -0.0800. The van der Waals surface area contributed by atoms with Gasteiger partial charge in [0.15, 0.2) is 0 Å². The highest BCUT2D eigenvalue weighted by Gasteiger charge is 2.42. The van der Waals surface area contributed by atoms with Crippen molar-refractivity contribution in [2.45, 2.75) is 57.5 Å². The van der Waals surface area contributed by atoms with Crippen molar-refractivity contribution in [3.63, 3.8) is 0 Å². The van der Waals surface area contributed by atoms with Gasteiger partial charge in [0.25, 0.3) is 0 Å². The van der Waals surface area contributed by atoms with Crippen LogP contribution in [-0.2, 0) is 0 Å². The molecule has 2 unspecified atom stereocenters. The minimum atomic E-state index is -0.341. The lowest BCUT2D eigenvalue weighted by Gasteiger charge is -2.45. The molecule has 0 bridgehead atoms. The van der Waals surface area contributed by atoms with Crippen LogP contribution < -0.4 is 5.32 Å². The summed E-state index contributed by atoms with van der Waals surface area (Å²) >= 11 is 0. The molecule has 2 heteroatoms. The summed E-state index contributed by atoms with van der Waals surface area (Å²) in [5, 5.41) is 14.1. The van der Waals surface area contributed by atoms with Gasteiger partial charge in [0.1, 0.15) is 0 Å². The first kappa shape index (κ1) is 11.4. The van der Waals surface area contributed by atoms with E-state index in [1.807, 2.05) is 0 Å². The normalized spacial score (nSPS) is 36.4. The van der Waals surface area contributed by atoms with E-state index in [2.05, 4.69) is 12.2 Å². The fourth-order valence-electron chi connectivity index (χ4n) is 3.63. The molecule has 0 radical (unpaired) electrons. The molecule has 1 aliphatic carbocycles. The zero-order valence-corrected chi connectivity index (χ0v) is 9.97. The number of rotatable bonds is 2. The van der Waals surface area contributed by atoms with E-state index in [4.69, 9.17) is 0 Å². The molecule has 2 nitrogen and oxygen atoms in total. The molecule has 15 heavy (non-hydrogen) atoms. The lowest BCUT2D eigenvalue weighted by molar-refractivity contribution is -0.0782. The third-order valence-corrected chi connectivity index (χ3v) is 4.59. The highest BCUT2D eigenvalue weighted by atomic mass is 16.3. The van der Waals surface area contributed by atoms with Crippen molar-refractivity contribution in [2.75, 3.05) is 13.1 Å². The minimum Gasteiger partial charge on any atom is -0.389 e. The molecule has 2 rings (SSSR count). The highest BCUT2D eigenvalue weighted by Crippen LogP contribution is 2.42. The second kappa shape index (κ2) is 4.84. The maximum atomic E-state index is 10.8.